The van der Waals surface area contributed by atoms with Gasteiger partial charge in [-0.25, -0.2) is 8.78 Å². The molecule has 1 saturated heterocycles. The van der Waals surface area contributed by atoms with Crippen LogP contribution in [0.3, 0.4) is 0 Å². The summed E-state index contributed by atoms with van der Waals surface area (Å²) in [5.41, 5.74) is 0.957. The lowest BCUT2D eigenvalue weighted by Gasteiger charge is -2.34. The normalized spacial score (nSPS) is 14.8. The fourth-order valence-corrected chi connectivity index (χ4v) is 3.32. The zero-order valence-electron chi connectivity index (χ0n) is 15.1. The summed E-state index contributed by atoms with van der Waals surface area (Å²) in [5, 5.41) is 3.11. The van der Waals surface area contributed by atoms with Crippen molar-refractivity contribution in [1.82, 2.24) is 15.1 Å². The number of nitrogens with one attached hydrogen (secondary N) is 1. The first-order chi connectivity index (χ1) is 13.4. The van der Waals surface area contributed by atoms with Gasteiger partial charge in [0.25, 0.3) is 5.91 Å². The predicted molar refractivity (Wildman–Crippen MR) is 102 cm³/mol. The van der Waals surface area contributed by atoms with E-state index in [0.29, 0.717) is 37.3 Å². The van der Waals surface area contributed by atoms with Crippen LogP contribution in [-0.4, -0.2) is 54.3 Å². The molecule has 0 aromatic heterocycles. The number of amides is 2. The third kappa shape index (κ3) is 5.50. The Morgan fingerprint density at radius 3 is 2.32 bits per heavy atom. The Bertz CT molecular complexity index is 850. The molecule has 1 heterocycles. The van der Waals surface area contributed by atoms with E-state index in [4.69, 9.17) is 11.6 Å². The van der Waals surface area contributed by atoms with Crippen LogP contribution in [-0.2, 0) is 11.3 Å². The van der Waals surface area contributed by atoms with Crippen LogP contribution in [0.15, 0.2) is 42.5 Å². The van der Waals surface area contributed by atoms with E-state index in [1.807, 2.05) is 24.3 Å². The second kappa shape index (κ2) is 9.12. The Kier molecular flexibility index (Phi) is 6.59. The minimum Gasteiger partial charge on any atom is -0.343 e. The molecule has 5 nitrogen and oxygen atoms in total. The predicted octanol–water partition coefficient (Wildman–Crippen LogP) is 2.69. The Morgan fingerprint density at radius 2 is 1.68 bits per heavy atom. The fraction of sp³-hybridized carbons (Fsp3) is 0.300. The highest BCUT2D eigenvalue weighted by Gasteiger charge is 2.21. The lowest BCUT2D eigenvalue weighted by molar-refractivity contribution is -0.131. The highest BCUT2D eigenvalue weighted by molar-refractivity contribution is 6.30. The van der Waals surface area contributed by atoms with Gasteiger partial charge in [-0.15, -0.1) is 0 Å². The van der Waals surface area contributed by atoms with Gasteiger partial charge in [0, 0.05) is 49.4 Å². The van der Waals surface area contributed by atoms with Crippen LogP contribution in [0.2, 0.25) is 5.02 Å². The lowest BCUT2D eigenvalue weighted by Crippen LogP contribution is -2.50. The topological polar surface area (TPSA) is 52.7 Å². The van der Waals surface area contributed by atoms with Gasteiger partial charge in [0.05, 0.1) is 6.54 Å². The van der Waals surface area contributed by atoms with Crippen molar-refractivity contribution in [2.24, 2.45) is 0 Å². The van der Waals surface area contributed by atoms with Crippen molar-refractivity contribution < 1.29 is 18.4 Å². The molecule has 1 N–H and O–H groups in total. The van der Waals surface area contributed by atoms with Gasteiger partial charge in [-0.2, -0.15) is 0 Å². The van der Waals surface area contributed by atoms with Gasteiger partial charge in [-0.1, -0.05) is 23.7 Å². The van der Waals surface area contributed by atoms with Crippen molar-refractivity contribution in [3.05, 3.63) is 70.2 Å². The summed E-state index contributed by atoms with van der Waals surface area (Å²) in [5.74, 6) is -2.60. The molecule has 0 spiro atoms. The first-order valence-corrected chi connectivity index (χ1v) is 9.27. The van der Waals surface area contributed by atoms with E-state index in [0.717, 1.165) is 24.2 Å². The summed E-state index contributed by atoms with van der Waals surface area (Å²) >= 11 is 6.00. The van der Waals surface area contributed by atoms with Crippen LogP contribution in [0.1, 0.15) is 15.9 Å². The van der Waals surface area contributed by atoms with Gasteiger partial charge >= 0.3 is 0 Å². The first-order valence-electron chi connectivity index (χ1n) is 8.89. The number of hydrogen-bond donors (Lipinski definition) is 1. The van der Waals surface area contributed by atoms with Crippen LogP contribution >= 0.6 is 11.6 Å². The Balaban J connectivity index is 1.45. The molecule has 148 valence electrons. The quantitative estimate of drug-likeness (QED) is 0.829. The average molecular weight is 408 g/mol. The number of carbonyl (C=O) groups excluding carboxylic acids is 2. The highest BCUT2D eigenvalue weighted by atomic mass is 35.5. The van der Waals surface area contributed by atoms with Crippen LogP contribution in [0.25, 0.3) is 0 Å². The molecule has 1 fully saturated rings. The molecule has 28 heavy (non-hydrogen) atoms. The molecule has 8 heteroatoms. The molecule has 1 aliphatic rings. The maximum atomic E-state index is 13.2. The van der Waals surface area contributed by atoms with Gasteiger partial charge in [0.2, 0.25) is 5.91 Å². The van der Waals surface area contributed by atoms with Gasteiger partial charge in [-0.3, -0.25) is 14.5 Å². The lowest BCUT2D eigenvalue weighted by atomic mass is 10.2. The van der Waals surface area contributed by atoms with E-state index < -0.39 is 17.5 Å². The van der Waals surface area contributed by atoms with Crippen LogP contribution in [0, 0.1) is 11.6 Å². The van der Waals surface area contributed by atoms with E-state index in [1.165, 1.54) is 0 Å². The fourth-order valence-electron chi connectivity index (χ4n) is 3.10. The Morgan fingerprint density at radius 1 is 1.00 bits per heavy atom. The summed E-state index contributed by atoms with van der Waals surface area (Å²) in [6, 6.07) is 10.2. The van der Waals surface area contributed by atoms with Crippen molar-refractivity contribution in [2.75, 3.05) is 32.7 Å². The van der Waals surface area contributed by atoms with Gasteiger partial charge in [0.1, 0.15) is 11.6 Å². The molecule has 0 unspecified atom stereocenters. The molecule has 2 amide bonds. The molecule has 2 aromatic carbocycles. The minimum atomic E-state index is -0.840. The number of nitrogens with zero attached hydrogens (tertiary/aromatic N) is 2. The number of halogens is 3. The summed E-state index contributed by atoms with van der Waals surface area (Å²) in [6.07, 6.45) is 0. The van der Waals surface area contributed by atoms with Crippen molar-refractivity contribution in [1.29, 1.82) is 0 Å². The summed E-state index contributed by atoms with van der Waals surface area (Å²) in [7, 11) is 0. The molecule has 1 aliphatic heterocycles. The molecule has 0 aliphatic carbocycles. The minimum absolute atomic E-state index is 0.156. The van der Waals surface area contributed by atoms with E-state index in [2.05, 4.69) is 10.2 Å². The second-order valence-electron chi connectivity index (χ2n) is 6.63. The molecule has 0 bridgehead atoms. The van der Waals surface area contributed by atoms with Crippen LogP contribution in [0.5, 0.6) is 0 Å². The zero-order valence-corrected chi connectivity index (χ0v) is 15.9. The maximum Gasteiger partial charge on any atom is 0.251 e. The third-order valence-electron chi connectivity index (χ3n) is 4.55. The molecule has 0 radical (unpaired) electrons. The highest BCUT2D eigenvalue weighted by Crippen LogP contribution is 2.14. The summed E-state index contributed by atoms with van der Waals surface area (Å²) in [4.78, 5) is 28.2. The van der Waals surface area contributed by atoms with E-state index >= 15 is 0 Å². The van der Waals surface area contributed by atoms with Gasteiger partial charge in [-0.05, 0) is 29.8 Å². The van der Waals surface area contributed by atoms with Crippen molar-refractivity contribution in [3.8, 4) is 0 Å². The number of carbonyl (C=O) groups is 2. The zero-order chi connectivity index (χ0) is 20.1. The number of benzene rings is 2. The molecule has 0 saturated carbocycles. The maximum absolute atomic E-state index is 13.2. The first kappa shape index (κ1) is 20.2. The van der Waals surface area contributed by atoms with E-state index in [1.54, 1.807) is 4.90 Å². The van der Waals surface area contributed by atoms with Gasteiger partial charge < -0.3 is 10.2 Å². The SMILES string of the molecule is O=C(NCC(=O)N1CCN(Cc2cccc(Cl)c2)CC1)c1cc(F)cc(F)c1. The number of piperazine rings is 1. The number of hydrogen-bond acceptors (Lipinski definition) is 3. The molecule has 0 atom stereocenters. The smallest absolute Gasteiger partial charge is 0.251 e. The average Bonchev–Trinajstić information content (AvgIpc) is 2.65. The molecule has 2 aromatic rings. The van der Waals surface area contributed by atoms with Crippen molar-refractivity contribution >= 4 is 23.4 Å². The standard InChI is InChI=1S/C20H20ClF2N3O2/c21-16-3-1-2-14(8-16)13-25-4-6-26(7-5-25)19(27)12-24-20(28)15-9-17(22)11-18(23)10-15/h1-3,8-11H,4-7,12-13H2,(H,24,28). The van der Waals surface area contributed by atoms with Gasteiger partial charge in [0.15, 0.2) is 0 Å². The van der Waals surface area contributed by atoms with E-state index in [-0.39, 0.29) is 18.0 Å². The number of rotatable bonds is 5. The van der Waals surface area contributed by atoms with Crippen LogP contribution in [0.4, 0.5) is 8.78 Å². The van der Waals surface area contributed by atoms with Crippen molar-refractivity contribution in [2.45, 2.75) is 6.54 Å². The molecular weight excluding hydrogens is 388 g/mol. The monoisotopic (exact) mass is 407 g/mol. The molecule has 3 rings (SSSR count). The van der Waals surface area contributed by atoms with Crippen LogP contribution < -0.4 is 5.32 Å². The van der Waals surface area contributed by atoms with Crippen molar-refractivity contribution in [3.63, 3.8) is 0 Å². The Hall–Kier alpha value is -2.51. The second-order valence-corrected chi connectivity index (χ2v) is 7.06. The summed E-state index contributed by atoms with van der Waals surface area (Å²) < 4.78 is 26.4. The molecular formula is C20H20ClF2N3O2. The largest absolute Gasteiger partial charge is 0.343 e. The third-order valence-corrected chi connectivity index (χ3v) is 4.78. The summed E-state index contributed by atoms with van der Waals surface area (Å²) in [6.45, 7) is 3.05. The van der Waals surface area contributed by atoms with E-state index in [9.17, 15) is 18.4 Å². The Labute approximate surface area is 166 Å².